The lowest BCUT2D eigenvalue weighted by Crippen LogP contribution is -2.23. The molecule has 0 heterocycles. The molecule has 0 saturated heterocycles. The summed E-state index contributed by atoms with van der Waals surface area (Å²) in [4.78, 5) is 10.3. The topological polar surface area (TPSA) is 79.0 Å². The van der Waals surface area contributed by atoms with Crippen LogP contribution in [0, 0.1) is 5.41 Å². The van der Waals surface area contributed by atoms with E-state index in [1.807, 2.05) is 0 Å². The Hall–Kier alpha value is 0.250. The summed E-state index contributed by atoms with van der Waals surface area (Å²) in [5.74, 6) is 0.610. The summed E-state index contributed by atoms with van der Waals surface area (Å²) in [5, 5.41) is 9.49. The predicted octanol–water partition coefficient (Wildman–Crippen LogP) is 0.905. The molecule has 74 valence electrons. The van der Waals surface area contributed by atoms with E-state index in [2.05, 4.69) is 5.32 Å². The molecule has 0 aromatic carbocycles. The number of amides is 1. The first kappa shape index (κ1) is 18.1. The quantitative estimate of drug-likeness (QED) is 0.410. The molecule has 0 bridgehead atoms. The Labute approximate surface area is 97.1 Å². The number of nitrogens with one attached hydrogen (secondary N) is 2. The van der Waals surface area contributed by atoms with Crippen LogP contribution in [0.5, 0.6) is 0 Å². The smallest absolute Gasteiger partial charge is 0.216 e. The Kier molecular flexibility index (Phi) is 17.0. The van der Waals surface area contributed by atoms with Crippen LogP contribution >= 0.6 is 45.7 Å². The summed E-state index contributed by atoms with van der Waals surface area (Å²) in [6.45, 7) is 2.03. The van der Waals surface area contributed by atoms with Crippen molar-refractivity contribution < 1.29 is 4.79 Å². The fourth-order valence-electron chi connectivity index (χ4n) is 0.388. The molecule has 0 aliphatic rings. The fraction of sp³-hybridized carbons (Fsp3) is 0.600. The van der Waals surface area contributed by atoms with Gasteiger partial charge in [-0.25, -0.2) is 0 Å². The number of nitrogens with two attached hydrogens (primary N) is 1. The predicted molar refractivity (Wildman–Crippen MR) is 63.7 cm³/mol. The van der Waals surface area contributed by atoms with Crippen molar-refractivity contribution in [2.45, 2.75) is 6.92 Å². The SMILES string of the molecule is Br.Br.CC(=O)NCCSC(=N)N. The lowest BCUT2D eigenvalue weighted by atomic mass is 10.6. The fourth-order valence-corrected chi connectivity index (χ4v) is 0.812. The number of amidine groups is 1. The van der Waals surface area contributed by atoms with E-state index < -0.39 is 0 Å². The lowest BCUT2D eigenvalue weighted by Gasteiger charge is -1.98. The molecule has 0 atom stereocenters. The first-order chi connectivity index (χ1) is 4.63. The molecule has 0 aliphatic carbocycles. The molecule has 1 amide bonds. The van der Waals surface area contributed by atoms with Crippen LogP contribution in [0.2, 0.25) is 0 Å². The average molecular weight is 323 g/mol. The highest BCUT2D eigenvalue weighted by molar-refractivity contribution is 8.93. The maximum atomic E-state index is 10.3. The molecule has 0 aromatic rings. The second kappa shape index (κ2) is 11.2. The van der Waals surface area contributed by atoms with Crippen molar-refractivity contribution in [2.75, 3.05) is 12.3 Å². The van der Waals surface area contributed by atoms with Crippen molar-refractivity contribution in [3.05, 3.63) is 0 Å². The van der Waals surface area contributed by atoms with Crippen LogP contribution < -0.4 is 11.1 Å². The summed E-state index contributed by atoms with van der Waals surface area (Å²) in [6, 6.07) is 0. The van der Waals surface area contributed by atoms with Crippen LogP contribution in [-0.2, 0) is 4.79 Å². The monoisotopic (exact) mass is 321 g/mol. The highest BCUT2D eigenvalue weighted by Gasteiger charge is 1.91. The first-order valence-electron chi connectivity index (χ1n) is 2.84. The molecule has 7 heteroatoms. The third-order valence-electron chi connectivity index (χ3n) is 0.734. The Morgan fingerprint density at radius 1 is 1.58 bits per heavy atom. The second-order valence-corrected chi connectivity index (χ2v) is 2.83. The highest BCUT2D eigenvalue weighted by atomic mass is 79.9. The Balaban J connectivity index is -0.000000405. The maximum absolute atomic E-state index is 10.3. The van der Waals surface area contributed by atoms with Gasteiger partial charge in [0.2, 0.25) is 5.91 Å². The molecule has 0 fully saturated rings. The van der Waals surface area contributed by atoms with Crippen LogP contribution in [0.15, 0.2) is 0 Å². The molecule has 0 rings (SSSR count). The Morgan fingerprint density at radius 2 is 2.08 bits per heavy atom. The van der Waals surface area contributed by atoms with E-state index in [4.69, 9.17) is 11.1 Å². The molecule has 0 aliphatic heterocycles. The van der Waals surface area contributed by atoms with E-state index in [0.717, 1.165) is 0 Å². The van der Waals surface area contributed by atoms with Gasteiger partial charge in [-0.1, -0.05) is 11.8 Å². The van der Waals surface area contributed by atoms with Gasteiger partial charge in [-0.05, 0) is 0 Å². The number of thioether (sulfide) groups is 1. The van der Waals surface area contributed by atoms with Crippen LogP contribution in [0.4, 0.5) is 0 Å². The number of hydrogen-bond acceptors (Lipinski definition) is 3. The maximum Gasteiger partial charge on any atom is 0.216 e. The van der Waals surface area contributed by atoms with Crippen molar-refractivity contribution in [3.63, 3.8) is 0 Å². The van der Waals surface area contributed by atoms with Gasteiger partial charge in [-0.3, -0.25) is 10.2 Å². The van der Waals surface area contributed by atoms with E-state index >= 15 is 0 Å². The summed E-state index contributed by atoms with van der Waals surface area (Å²) in [6.07, 6.45) is 0. The van der Waals surface area contributed by atoms with Gasteiger partial charge in [0.25, 0.3) is 0 Å². The molecule has 12 heavy (non-hydrogen) atoms. The zero-order chi connectivity index (χ0) is 7.98. The van der Waals surface area contributed by atoms with Crippen molar-refractivity contribution in [1.82, 2.24) is 5.32 Å². The Morgan fingerprint density at radius 3 is 2.42 bits per heavy atom. The summed E-state index contributed by atoms with van der Waals surface area (Å²) in [7, 11) is 0. The zero-order valence-electron chi connectivity index (χ0n) is 6.62. The van der Waals surface area contributed by atoms with Gasteiger partial charge >= 0.3 is 0 Å². The summed E-state index contributed by atoms with van der Waals surface area (Å²) >= 11 is 1.22. The summed E-state index contributed by atoms with van der Waals surface area (Å²) < 4.78 is 0. The van der Waals surface area contributed by atoms with Gasteiger partial charge in [-0.2, -0.15) is 0 Å². The van der Waals surface area contributed by atoms with Gasteiger partial charge in [0, 0.05) is 19.2 Å². The first-order valence-corrected chi connectivity index (χ1v) is 3.82. The molecule has 0 spiro atoms. The van der Waals surface area contributed by atoms with Gasteiger partial charge in [0.05, 0.1) is 0 Å². The van der Waals surface area contributed by atoms with E-state index in [9.17, 15) is 4.79 Å². The average Bonchev–Trinajstić information content (AvgIpc) is 1.79. The zero-order valence-corrected chi connectivity index (χ0v) is 10.9. The number of halogens is 2. The standard InChI is InChI=1S/C5H11N3OS.2BrH/c1-4(9)8-2-3-10-5(6)7;;/h2-3H2,1H3,(H3,6,7)(H,8,9);2*1H. The van der Waals surface area contributed by atoms with Crippen molar-refractivity contribution in [2.24, 2.45) is 5.73 Å². The van der Waals surface area contributed by atoms with E-state index in [1.165, 1.54) is 18.7 Å². The summed E-state index contributed by atoms with van der Waals surface area (Å²) in [5.41, 5.74) is 5.04. The second-order valence-electron chi connectivity index (χ2n) is 1.70. The highest BCUT2D eigenvalue weighted by Crippen LogP contribution is 1.94. The van der Waals surface area contributed by atoms with Gasteiger partial charge in [-0.15, -0.1) is 34.0 Å². The van der Waals surface area contributed by atoms with Crippen LogP contribution in [0.1, 0.15) is 6.92 Å². The van der Waals surface area contributed by atoms with Crippen LogP contribution in [0.3, 0.4) is 0 Å². The van der Waals surface area contributed by atoms with E-state index in [-0.39, 0.29) is 45.0 Å². The van der Waals surface area contributed by atoms with Gasteiger partial charge < -0.3 is 11.1 Å². The molecule has 4 nitrogen and oxygen atoms in total. The van der Waals surface area contributed by atoms with Gasteiger partial charge in [0.15, 0.2) is 5.17 Å². The Bertz CT molecular complexity index is 129. The van der Waals surface area contributed by atoms with Crippen LogP contribution in [-0.4, -0.2) is 23.4 Å². The lowest BCUT2D eigenvalue weighted by molar-refractivity contribution is -0.118. The van der Waals surface area contributed by atoms with Crippen molar-refractivity contribution >= 4 is 56.8 Å². The number of hydrogen-bond donors (Lipinski definition) is 3. The number of rotatable bonds is 3. The van der Waals surface area contributed by atoms with Gasteiger partial charge in [0.1, 0.15) is 0 Å². The molecule has 0 radical (unpaired) electrons. The number of carbonyl (C=O) groups is 1. The molecule has 0 saturated carbocycles. The van der Waals surface area contributed by atoms with Crippen LogP contribution in [0.25, 0.3) is 0 Å². The van der Waals surface area contributed by atoms with Crippen molar-refractivity contribution in [3.8, 4) is 0 Å². The molecular formula is C5H13Br2N3OS. The molecule has 0 unspecified atom stereocenters. The molecule has 0 aromatic heterocycles. The normalized spacial score (nSPS) is 7.42. The minimum Gasteiger partial charge on any atom is -0.379 e. The number of carbonyl (C=O) groups excluding carboxylic acids is 1. The largest absolute Gasteiger partial charge is 0.379 e. The third-order valence-corrected chi connectivity index (χ3v) is 1.45. The van der Waals surface area contributed by atoms with Crippen molar-refractivity contribution in [1.29, 1.82) is 5.41 Å². The minimum atomic E-state index is -0.0517. The van der Waals surface area contributed by atoms with E-state index in [1.54, 1.807) is 0 Å². The molecule has 4 N–H and O–H groups in total. The van der Waals surface area contributed by atoms with E-state index in [0.29, 0.717) is 12.3 Å². The minimum absolute atomic E-state index is 0. The third kappa shape index (κ3) is 16.7. The molecular weight excluding hydrogens is 310 g/mol.